The van der Waals surface area contributed by atoms with Gasteiger partial charge in [0.2, 0.25) is 11.0 Å². The predicted molar refractivity (Wildman–Crippen MR) is 119 cm³/mol. The summed E-state index contributed by atoms with van der Waals surface area (Å²) >= 11 is 4.17. The highest BCUT2D eigenvalue weighted by atomic mass is 32.2. The van der Waals surface area contributed by atoms with E-state index < -0.39 is 0 Å². The Hall–Kier alpha value is -1.78. The van der Waals surface area contributed by atoms with Crippen LogP contribution < -0.4 is 10.9 Å². The largest absolute Gasteiger partial charge is 0.301 e. The molecule has 1 amide bonds. The van der Waals surface area contributed by atoms with Crippen molar-refractivity contribution in [1.82, 2.24) is 20.2 Å². The molecule has 7 nitrogen and oxygen atoms in total. The number of amides is 1. The van der Waals surface area contributed by atoms with Crippen LogP contribution >= 0.6 is 34.4 Å². The first-order valence-corrected chi connectivity index (χ1v) is 12.1. The molecule has 1 aliphatic rings. The molecule has 1 atom stereocenters. The molecular weight excluding hydrogens is 426 g/mol. The fourth-order valence-electron chi connectivity index (χ4n) is 3.61. The Morgan fingerprint density at radius 2 is 2.10 bits per heavy atom. The van der Waals surface area contributed by atoms with Gasteiger partial charge in [-0.05, 0) is 43.1 Å². The molecule has 3 aromatic rings. The predicted octanol–water partition coefficient (Wildman–Crippen LogP) is 4.03. The van der Waals surface area contributed by atoms with Gasteiger partial charge in [0, 0.05) is 4.88 Å². The van der Waals surface area contributed by atoms with Crippen LogP contribution in [0.3, 0.4) is 0 Å². The smallest absolute Gasteiger partial charge is 0.260 e. The maximum atomic E-state index is 12.7. The molecule has 2 N–H and O–H groups in total. The molecule has 0 bridgehead atoms. The summed E-state index contributed by atoms with van der Waals surface area (Å²) in [5, 5.41) is 12.9. The molecule has 154 valence electrons. The van der Waals surface area contributed by atoms with E-state index in [-0.39, 0.29) is 22.6 Å². The minimum Gasteiger partial charge on any atom is -0.301 e. The number of aryl methyl sites for hydroxylation is 2. The maximum Gasteiger partial charge on any atom is 0.260 e. The van der Waals surface area contributed by atoms with Gasteiger partial charge in [-0.2, -0.15) is 0 Å². The number of aromatic nitrogens is 4. The number of anilines is 1. The number of nitrogens with one attached hydrogen (secondary N) is 2. The Bertz CT molecular complexity index is 1130. The molecule has 4 rings (SSSR count). The molecule has 3 heterocycles. The third-order valence-corrected chi connectivity index (χ3v) is 8.01. The summed E-state index contributed by atoms with van der Waals surface area (Å²) in [4.78, 5) is 34.4. The molecule has 0 radical (unpaired) electrons. The van der Waals surface area contributed by atoms with Crippen molar-refractivity contribution in [3.8, 4) is 0 Å². The van der Waals surface area contributed by atoms with E-state index in [2.05, 4.69) is 46.3 Å². The van der Waals surface area contributed by atoms with Crippen molar-refractivity contribution < 1.29 is 4.79 Å². The van der Waals surface area contributed by atoms with E-state index in [9.17, 15) is 9.59 Å². The van der Waals surface area contributed by atoms with Gasteiger partial charge in [0.25, 0.3) is 5.56 Å². The second kappa shape index (κ2) is 7.81. The van der Waals surface area contributed by atoms with E-state index in [1.54, 1.807) is 11.3 Å². The third kappa shape index (κ3) is 4.39. The molecule has 29 heavy (non-hydrogen) atoms. The lowest BCUT2D eigenvalue weighted by atomic mass is 9.72. The van der Waals surface area contributed by atoms with Crippen LogP contribution in [0.5, 0.6) is 0 Å². The van der Waals surface area contributed by atoms with Gasteiger partial charge >= 0.3 is 0 Å². The molecule has 0 aromatic carbocycles. The highest BCUT2D eigenvalue weighted by Crippen LogP contribution is 2.42. The maximum absolute atomic E-state index is 12.7. The summed E-state index contributed by atoms with van der Waals surface area (Å²) < 4.78 is 0. The van der Waals surface area contributed by atoms with Gasteiger partial charge < -0.3 is 4.98 Å². The van der Waals surface area contributed by atoms with Crippen LogP contribution in [0.2, 0.25) is 0 Å². The number of aromatic amines is 1. The van der Waals surface area contributed by atoms with Gasteiger partial charge in [-0.3, -0.25) is 14.9 Å². The zero-order chi connectivity index (χ0) is 20.8. The number of rotatable bonds is 4. The number of carbonyl (C=O) groups is 1. The number of thiophene rings is 1. The average Bonchev–Trinajstić information content (AvgIpc) is 3.21. The van der Waals surface area contributed by atoms with E-state index in [1.165, 1.54) is 33.5 Å². The zero-order valence-corrected chi connectivity index (χ0v) is 19.2. The molecule has 10 heteroatoms. The fourth-order valence-corrected chi connectivity index (χ4v) is 6.23. The summed E-state index contributed by atoms with van der Waals surface area (Å²) in [5.41, 5.74) is 1.32. The van der Waals surface area contributed by atoms with Crippen molar-refractivity contribution in [3.63, 3.8) is 0 Å². The molecule has 1 aliphatic carbocycles. The third-order valence-electron chi connectivity index (χ3n) is 5.23. The van der Waals surface area contributed by atoms with Gasteiger partial charge in [0.1, 0.15) is 9.84 Å². The van der Waals surface area contributed by atoms with Gasteiger partial charge in [0.15, 0.2) is 5.16 Å². The van der Waals surface area contributed by atoms with Crippen molar-refractivity contribution in [2.24, 2.45) is 11.3 Å². The number of fused-ring (bicyclic) bond motifs is 3. The lowest BCUT2D eigenvalue weighted by Crippen LogP contribution is -2.26. The number of H-pyrrole nitrogens is 1. The second-order valence-corrected chi connectivity index (χ2v) is 11.6. The van der Waals surface area contributed by atoms with E-state index in [0.717, 1.165) is 34.5 Å². The van der Waals surface area contributed by atoms with Crippen LogP contribution in [0.1, 0.15) is 42.6 Å². The highest BCUT2D eigenvalue weighted by molar-refractivity contribution is 7.99. The fraction of sp³-hybridized carbons (Fsp3) is 0.526. The number of hydrogen-bond acceptors (Lipinski definition) is 8. The topological polar surface area (TPSA) is 101 Å². The van der Waals surface area contributed by atoms with Crippen LogP contribution in [-0.4, -0.2) is 31.8 Å². The Morgan fingerprint density at radius 3 is 2.79 bits per heavy atom. The highest BCUT2D eigenvalue weighted by Gasteiger charge is 2.31. The van der Waals surface area contributed by atoms with Gasteiger partial charge in [0.05, 0.1) is 11.1 Å². The first-order valence-electron chi connectivity index (χ1n) is 9.48. The standard InChI is InChI=1S/C19H23N5O2S3/c1-9-23-24-18(28-9)20-13(25)8-27-17-21-15(26)14-11-6-5-10(19(2,3)4)7-12(11)29-16(14)22-17/h10H,5-8H2,1-4H3,(H,20,24,25)(H,21,22,26)/t10-/m0/s1. The van der Waals surface area contributed by atoms with E-state index >= 15 is 0 Å². The Labute approximate surface area is 180 Å². The Balaban J connectivity index is 1.51. The minimum atomic E-state index is -0.201. The summed E-state index contributed by atoms with van der Waals surface area (Å²) in [7, 11) is 0. The monoisotopic (exact) mass is 449 g/mol. The first kappa shape index (κ1) is 20.5. The summed E-state index contributed by atoms with van der Waals surface area (Å²) in [6.45, 7) is 8.67. The minimum absolute atomic E-state index is 0.107. The average molecular weight is 450 g/mol. The lowest BCUT2D eigenvalue weighted by molar-refractivity contribution is -0.113. The van der Waals surface area contributed by atoms with Crippen LogP contribution in [0.15, 0.2) is 9.95 Å². The Morgan fingerprint density at radius 1 is 1.31 bits per heavy atom. The number of hydrogen-bond donors (Lipinski definition) is 2. The van der Waals surface area contributed by atoms with Crippen molar-refractivity contribution >= 4 is 55.7 Å². The van der Waals surface area contributed by atoms with Crippen molar-refractivity contribution in [2.45, 2.75) is 52.1 Å². The quantitative estimate of drug-likeness (QED) is 0.461. The van der Waals surface area contributed by atoms with Crippen LogP contribution in [0.4, 0.5) is 5.13 Å². The Kier molecular flexibility index (Phi) is 5.52. The molecular formula is C19H23N5O2S3. The number of thioether (sulfide) groups is 1. The molecule has 0 saturated heterocycles. The van der Waals surface area contributed by atoms with Crippen LogP contribution in [0, 0.1) is 18.3 Å². The van der Waals surface area contributed by atoms with Crippen molar-refractivity contribution in [3.05, 3.63) is 25.8 Å². The number of carbonyl (C=O) groups excluding carboxylic acids is 1. The van der Waals surface area contributed by atoms with E-state index in [4.69, 9.17) is 0 Å². The molecule has 0 fully saturated rings. The molecule has 0 unspecified atom stereocenters. The normalized spacial score (nSPS) is 16.8. The summed E-state index contributed by atoms with van der Waals surface area (Å²) in [6.07, 6.45) is 3.03. The van der Waals surface area contributed by atoms with Crippen LogP contribution in [-0.2, 0) is 17.6 Å². The van der Waals surface area contributed by atoms with Crippen molar-refractivity contribution in [1.29, 1.82) is 0 Å². The van der Waals surface area contributed by atoms with E-state index in [1.807, 2.05) is 6.92 Å². The lowest BCUT2D eigenvalue weighted by Gasteiger charge is -2.33. The molecule has 3 aromatic heterocycles. The van der Waals surface area contributed by atoms with Gasteiger partial charge in [-0.15, -0.1) is 21.5 Å². The molecule has 0 aliphatic heterocycles. The van der Waals surface area contributed by atoms with Gasteiger partial charge in [-0.25, -0.2) is 4.98 Å². The number of nitrogens with zero attached hydrogens (tertiary/aromatic N) is 3. The summed E-state index contributed by atoms with van der Waals surface area (Å²) in [6, 6.07) is 0. The molecule has 0 saturated carbocycles. The second-order valence-electron chi connectivity index (χ2n) is 8.32. The zero-order valence-electron chi connectivity index (χ0n) is 16.8. The van der Waals surface area contributed by atoms with Crippen LogP contribution in [0.25, 0.3) is 10.2 Å². The van der Waals surface area contributed by atoms with Gasteiger partial charge in [-0.1, -0.05) is 43.9 Å². The van der Waals surface area contributed by atoms with E-state index in [0.29, 0.717) is 16.2 Å². The first-order chi connectivity index (χ1) is 13.7. The van der Waals surface area contributed by atoms with Crippen molar-refractivity contribution in [2.75, 3.05) is 11.1 Å². The summed E-state index contributed by atoms with van der Waals surface area (Å²) in [5.74, 6) is 0.556. The molecule has 0 spiro atoms. The SMILES string of the molecule is Cc1nnc(NC(=O)CSc2nc3sc4c(c3c(=O)[nH]2)CC[C@H](C(C)(C)C)C4)s1.